The lowest BCUT2D eigenvalue weighted by Gasteiger charge is -2.35. The molecule has 136 valence electrons. The number of aryl methyl sites for hydroxylation is 2. The highest BCUT2D eigenvalue weighted by molar-refractivity contribution is 6.29. The van der Waals surface area contributed by atoms with Crippen LogP contribution < -0.4 is 4.90 Å². The number of hydrogen-bond acceptors (Lipinski definition) is 3. The molecule has 1 heterocycles. The number of amides is 1. The van der Waals surface area contributed by atoms with Crippen molar-refractivity contribution in [2.75, 3.05) is 17.3 Å². The first-order valence-corrected chi connectivity index (χ1v) is 8.76. The number of anilines is 1. The highest BCUT2D eigenvalue weighted by Crippen LogP contribution is 2.35. The second-order valence-electron chi connectivity index (χ2n) is 6.74. The van der Waals surface area contributed by atoms with E-state index in [0.717, 1.165) is 6.42 Å². The fourth-order valence-electron chi connectivity index (χ4n) is 3.37. The molecule has 0 saturated heterocycles. The molecule has 0 aromatic carbocycles. The van der Waals surface area contributed by atoms with Crippen LogP contribution in [-0.4, -0.2) is 39.2 Å². The van der Waals surface area contributed by atoms with E-state index in [1.807, 2.05) is 39.0 Å². The fourth-order valence-corrected chi connectivity index (χ4v) is 3.51. The number of aromatic carboxylic acids is 1. The summed E-state index contributed by atoms with van der Waals surface area (Å²) < 4.78 is 1.46. The number of carbonyl (C=O) groups excluding carboxylic acids is 1. The molecule has 25 heavy (non-hydrogen) atoms. The van der Waals surface area contributed by atoms with Crippen LogP contribution in [0.25, 0.3) is 0 Å². The van der Waals surface area contributed by atoms with Gasteiger partial charge in [0.15, 0.2) is 0 Å². The normalized spacial score (nSPS) is 19.6. The van der Waals surface area contributed by atoms with E-state index >= 15 is 0 Å². The van der Waals surface area contributed by atoms with Crippen molar-refractivity contribution in [3.8, 4) is 0 Å². The van der Waals surface area contributed by atoms with Crippen molar-refractivity contribution in [1.82, 2.24) is 9.78 Å². The zero-order valence-corrected chi connectivity index (χ0v) is 15.8. The largest absolute Gasteiger partial charge is 0.477 e. The number of carboxylic acids is 1. The van der Waals surface area contributed by atoms with Crippen molar-refractivity contribution < 1.29 is 14.7 Å². The van der Waals surface area contributed by atoms with Crippen molar-refractivity contribution in [3.05, 3.63) is 35.1 Å². The van der Waals surface area contributed by atoms with Crippen molar-refractivity contribution in [1.29, 1.82) is 0 Å². The maximum absolute atomic E-state index is 12.6. The Kier molecular flexibility index (Phi) is 5.72. The van der Waals surface area contributed by atoms with Crippen LogP contribution in [0.2, 0.25) is 0 Å². The first kappa shape index (κ1) is 19.2. The van der Waals surface area contributed by atoms with E-state index in [-0.39, 0.29) is 28.6 Å². The van der Waals surface area contributed by atoms with Crippen LogP contribution in [0.4, 0.5) is 5.82 Å². The maximum Gasteiger partial charge on any atom is 0.341 e. The number of nitrogens with zero attached hydrogens (tertiary/aromatic N) is 3. The molecular formula is C18H24ClN3O3. The van der Waals surface area contributed by atoms with Crippen LogP contribution in [0.5, 0.6) is 0 Å². The molecule has 0 bridgehead atoms. The Morgan fingerprint density at radius 1 is 1.48 bits per heavy atom. The molecule has 1 aromatic rings. The molecule has 7 heteroatoms. The molecule has 1 aliphatic rings. The maximum atomic E-state index is 12.6. The Morgan fingerprint density at radius 2 is 2.16 bits per heavy atom. The smallest absolute Gasteiger partial charge is 0.341 e. The molecule has 1 unspecified atom stereocenters. The Labute approximate surface area is 152 Å². The molecule has 0 fully saturated rings. The average Bonchev–Trinajstić information content (AvgIpc) is 2.88. The summed E-state index contributed by atoms with van der Waals surface area (Å²) in [4.78, 5) is 25.8. The molecule has 0 spiro atoms. The minimum Gasteiger partial charge on any atom is -0.477 e. The third-order valence-corrected chi connectivity index (χ3v) is 4.62. The molecule has 1 amide bonds. The van der Waals surface area contributed by atoms with Crippen LogP contribution in [0.1, 0.15) is 43.2 Å². The summed E-state index contributed by atoms with van der Waals surface area (Å²) in [5.41, 5.74) is 1.44. The minimum absolute atomic E-state index is 0.0686. The number of carboxylic acid groups (broad SMARTS) is 1. The van der Waals surface area contributed by atoms with Crippen LogP contribution >= 0.6 is 11.6 Å². The minimum atomic E-state index is -1.09. The first-order valence-electron chi connectivity index (χ1n) is 8.23. The number of halogens is 1. The number of hydrogen-bond donors (Lipinski definition) is 1. The Hall–Kier alpha value is -2.08. The molecular weight excluding hydrogens is 342 g/mol. The third kappa shape index (κ3) is 3.95. The van der Waals surface area contributed by atoms with Gasteiger partial charge in [-0.3, -0.25) is 14.4 Å². The molecule has 0 radical (unpaired) electrons. The summed E-state index contributed by atoms with van der Waals surface area (Å²) in [5.74, 6) is -1.36. The van der Waals surface area contributed by atoms with E-state index in [9.17, 15) is 14.7 Å². The number of alkyl halides is 1. The summed E-state index contributed by atoms with van der Waals surface area (Å²) in [6, 6.07) is 0. The Bertz CT molecular complexity index is 751. The first-order chi connectivity index (χ1) is 11.7. The van der Waals surface area contributed by atoms with Gasteiger partial charge in [-0.2, -0.15) is 5.10 Å². The lowest BCUT2D eigenvalue weighted by Crippen LogP contribution is -2.42. The molecule has 0 aliphatic heterocycles. The number of aromatic nitrogens is 2. The predicted octanol–water partition coefficient (Wildman–Crippen LogP) is 3.17. The fraction of sp³-hybridized carbons (Fsp3) is 0.500. The highest BCUT2D eigenvalue weighted by atomic mass is 35.5. The van der Waals surface area contributed by atoms with Gasteiger partial charge in [0, 0.05) is 19.0 Å². The highest BCUT2D eigenvalue weighted by Gasteiger charge is 2.34. The van der Waals surface area contributed by atoms with E-state index in [1.165, 1.54) is 15.2 Å². The summed E-state index contributed by atoms with van der Waals surface area (Å²) in [6.45, 7) is 6.26. The number of carbonyl (C=O) groups is 2. The Balaban J connectivity index is 2.51. The second-order valence-corrected chi connectivity index (χ2v) is 7.01. The SMILES string of the molecule is CCc1nn(C)c(N(CC2(C)C=CC=C(C)C2)C(=O)CCl)c1C(=O)O. The van der Waals surface area contributed by atoms with Crippen molar-refractivity contribution in [2.45, 2.75) is 33.6 Å². The zero-order valence-electron chi connectivity index (χ0n) is 15.0. The monoisotopic (exact) mass is 365 g/mol. The van der Waals surface area contributed by atoms with Crippen LogP contribution in [0.3, 0.4) is 0 Å². The van der Waals surface area contributed by atoms with Gasteiger partial charge in [0.2, 0.25) is 5.91 Å². The molecule has 1 aliphatic carbocycles. The molecule has 6 nitrogen and oxygen atoms in total. The lowest BCUT2D eigenvalue weighted by atomic mass is 9.80. The van der Waals surface area contributed by atoms with Gasteiger partial charge < -0.3 is 5.11 Å². The van der Waals surface area contributed by atoms with Crippen LogP contribution in [0, 0.1) is 5.41 Å². The van der Waals surface area contributed by atoms with Gasteiger partial charge in [-0.15, -0.1) is 11.6 Å². The summed E-state index contributed by atoms with van der Waals surface area (Å²) in [7, 11) is 1.65. The van der Waals surface area contributed by atoms with E-state index < -0.39 is 5.97 Å². The standard InChI is InChI=1S/C18H24ClN3O3/c1-5-13-15(17(24)25)16(21(4)20-13)22(14(23)10-19)11-18(3)8-6-7-12(2)9-18/h6-8H,5,9-11H2,1-4H3,(H,24,25). The van der Waals surface area contributed by atoms with Crippen molar-refractivity contribution >= 4 is 29.3 Å². The predicted molar refractivity (Wildman–Crippen MR) is 98.2 cm³/mol. The van der Waals surface area contributed by atoms with E-state index in [0.29, 0.717) is 18.7 Å². The van der Waals surface area contributed by atoms with Crippen molar-refractivity contribution in [2.24, 2.45) is 12.5 Å². The Morgan fingerprint density at radius 3 is 2.68 bits per heavy atom. The number of rotatable bonds is 6. The van der Waals surface area contributed by atoms with Gasteiger partial charge in [-0.25, -0.2) is 4.79 Å². The zero-order chi connectivity index (χ0) is 18.8. The van der Waals surface area contributed by atoms with Gasteiger partial charge >= 0.3 is 5.97 Å². The summed E-state index contributed by atoms with van der Waals surface area (Å²) >= 11 is 5.82. The summed E-state index contributed by atoms with van der Waals surface area (Å²) in [6.07, 6.45) is 7.32. The quantitative estimate of drug-likeness (QED) is 0.785. The molecule has 0 saturated carbocycles. The number of allylic oxidation sites excluding steroid dienone is 3. The van der Waals surface area contributed by atoms with Gasteiger partial charge in [-0.1, -0.05) is 37.6 Å². The van der Waals surface area contributed by atoms with Gasteiger partial charge in [0.05, 0.1) is 5.69 Å². The average molecular weight is 366 g/mol. The van der Waals surface area contributed by atoms with E-state index in [2.05, 4.69) is 5.10 Å². The van der Waals surface area contributed by atoms with E-state index in [1.54, 1.807) is 7.05 Å². The van der Waals surface area contributed by atoms with Crippen LogP contribution in [-0.2, 0) is 18.3 Å². The van der Waals surface area contributed by atoms with Crippen LogP contribution in [0.15, 0.2) is 23.8 Å². The lowest BCUT2D eigenvalue weighted by molar-refractivity contribution is -0.116. The molecule has 1 aromatic heterocycles. The van der Waals surface area contributed by atoms with Gasteiger partial charge in [0.25, 0.3) is 0 Å². The van der Waals surface area contributed by atoms with Gasteiger partial charge in [-0.05, 0) is 19.8 Å². The molecule has 1 atom stereocenters. The topological polar surface area (TPSA) is 75.4 Å². The molecule has 2 rings (SSSR count). The van der Waals surface area contributed by atoms with E-state index in [4.69, 9.17) is 11.6 Å². The third-order valence-electron chi connectivity index (χ3n) is 4.39. The second kappa shape index (κ2) is 7.44. The summed E-state index contributed by atoms with van der Waals surface area (Å²) in [5, 5.41) is 13.9. The van der Waals surface area contributed by atoms with Gasteiger partial charge in [0.1, 0.15) is 17.3 Å². The van der Waals surface area contributed by atoms with Crippen molar-refractivity contribution in [3.63, 3.8) is 0 Å². The molecule has 1 N–H and O–H groups in total.